The van der Waals surface area contributed by atoms with E-state index in [4.69, 9.17) is 5.73 Å². The number of hydrogen-bond acceptors (Lipinski definition) is 3. The highest BCUT2D eigenvalue weighted by Gasteiger charge is 2.27. The van der Waals surface area contributed by atoms with Gasteiger partial charge in [-0.25, -0.2) is 4.98 Å². The van der Waals surface area contributed by atoms with E-state index in [-0.39, 0.29) is 5.41 Å². The average molecular weight is 322 g/mol. The van der Waals surface area contributed by atoms with Gasteiger partial charge in [0.2, 0.25) is 5.91 Å². The van der Waals surface area contributed by atoms with Crippen LogP contribution in [0.2, 0.25) is 0 Å². The predicted molar refractivity (Wildman–Crippen MR) is 93.5 cm³/mol. The normalized spacial score (nSPS) is 15.2. The summed E-state index contributed by atoms with van der Waals surface area (Å²) in [6.45, 7) is 4.57. The fourth-order valence-electron chi connectivity index (χ4n) is 2.56. The Morgan fingerprint density at radius 3 is 2.78 bits per heavy atom. The summed E-state index contributed by atoms with van der Waals surface area (Å²) in [5, 5.41) is 0. The molecule has 3 rings (SSSR count). The zero-order chi connectivity index (χ0) is 16.4. The molecule has 1 aliphatic rings. The number of nitrogens with two attached hydrogens (primary N) is 1. The number of amides is 1. The molecule has 2 heterocycles. The van der Waals surface area contributed by atoms with E-state index in [9.17, 15) is 4.79 Å². The molecular formula is C19H18N2OS. The van der Waals surface area contributed by atoms with Gasteiger partial charge in [0.25, 0.3) is 0 Å². The third-order valence-electron chi connectivity index (χ3n) is 4.08. The Bertz CT molecular complexity index is 813. The molecule has 1 aromatic heterocycles. The van der Waals surface area contributed by atoms with Gasteiger partial charge in [-0.1, -0.05) is 19.8 Å². The van der Waals surface area contributed by atoms with Gasteiger partial charge >= 0.3 is 0 Å². The fourth-order valence-corrected chi connectivity index (χ4v) is 4.05. The van der Waals surface area contributed by atoms with Crippen LogP contribution in [-0.4, -0.2) is 16.6 Å². The van der Waals surface area contributed by atoms with Crippen molar-refractivity contribution in [3.63, 3.8) is 0 Å². The van der Waals surface area contributed by atoms with E-state index in [0.29, 0.717) is 11.3 Å². The number of rotatable bonds is 1. The minimum atomic E-state index is -0.480. The predicted octanol–water partition coefficient (Wildman–Crippen LogP) is 3.35. The first-order valence-electron chi connectivity index (χ1n) is 7.51. The Balaban J connectivity index is 1.88. The van der Waals surface area contributed by atoms with Crippen molar-refractivity contribution >= 4 is 17.7 Å². The molecule has 23 heavy (non-hydrogen) atoms. The van der Waals surface area contributed by atoms with Gasteiger partial charge in [-0.15, -0.1) is 11.8 Å². The first-order chi connectivity index (χ1) is 11.0. The minimum absolute atomic E-state index is 0.194. The van der Waals surface area contributed by atoms with Gasteiger partial charge < -0.3 is 5.73 Å². The topological polar surface area (TPSA) is 56.0 Å². The van der Waals surface area contributed by atoms with Crippen LogP contribution in [0.4, 0.5) is 0 Å². The van der Waals surface area contributed by atoms with Crippen LogP contribution >= 0.6 is 11.8 Å². The molecule has 0 saturated carbocycles. The lowest BCUT2D eigenvalue weighted by atomic mass is 9.81. The molecular weight excluding hydrogens is 304 g/mol. The lowest BCUT2D eigenvalue weighted by Gasteiger charge is -2.32. The molecule has 0 spiro atoms. The summed E-state index contributed by atoms with van der Waals surface area (Å²) >= 11 is 1.91. The number of thioether (sulfide) groups is 1. The van der Waals surface area contributed by atoms with Gasteiger partial charge in [0, 0.05) is 16.7 Å². The Morgan fingerprint density at radius 1 is 1.26 bits per heavy atom. The van der Waals surface area contributed by atoms with Crippen LogP contribution in [0, 0.1) is 11.8 Å². The highest BCUT2D eigenvalue weighted by molar-refractivity contribution is 7.99. The van der Waals surface area contributed by atoms with Gasteiger partial charge in [-0.2, -0.15) is 0 Å². The number of nitrogens with zero attached hydrogens (tertiary/aromatic N) is 1. The van der Waals surface area contributed by atoms with E-state index in [2.05, 4.69) is 48.9 Å². The first-order valence-corrected chi connectivity index (χ1v) is 8.49. The Hall–Kier alpha value is -2.25. The Labute approximate surface area is 140 Å². The summed E-state index contributed by atoms with van der Waals surface area (Å²) in [4.78, 5) is 16.5. The summed E-state index contributed by atoms with van der Waals surface area (Å²) < 4.78 is 0. The maximum absolute atomic E-state index is 11.0. The van der Waals surface area contributed by atoms with Gasteiger partial charge in [0.15, 0.2) is 0 Å². The molecule has 0 bridgehead atoms. The molecule has 2 aromatic rings. The molecule has 2 N–H and O–H groups in total. The highest BCUT2D eigenvalue weighted by Crippen LogP contribution is 2.41. The second kappa shape index (κ2) is 6.10. The standard InChI is InChI=1S/C19H18N2OS/c1-19(2)9-10-23-17-8-4-13(11-16(17)19)3-6-15-7-5-14(12-21-15)18(20)22/h4-5,7-8,11-12H,9-10H2,1-2H3,(H2,20,22). The van der Waals surface area contributed by atoms with Crippen molar-refractivity contribution in [2.45, 2.75) is 30.6 Å². The SMILES string of the molecule is CC1(C)CCSc2ccc(C#Cc3ccc(C(N)=O)cn3)cc21. The molecule has 0 atom stereocenters. The molecule has 0 unspecified atom stereocenters. The molecule has 0 radical (unpaired) electrons. The second-order valence-corrected chi connectivity index (χ2v) is 7.38. The van der Waals surface area contributed by atoms with Gasteiger partial charge in [0.05, 0.1) is 5.56 Å². The van der Waals surface area contributed by atoms with Crippen molar-refractivity contribution in [1.82, 2.24) is 4.98 Å². The average Bonchev–Trinajstić information content (AvgIpc) is 2.53. The van der Waals surface area contributed by atoms with Crippen molar-refractivity contribution in [1.29, 1.82) is 0 Å². The van der Waals surface area contributed by atoms with Crippen LogP contribution in [0.1, 0.15) is 47.4 Å². The molecule has 4 heteroatoms. The van der Waals surface area contributed by atoms with Crippen molar-refractivity contribution in [3.05, 3.63) is 58.9 Å². The third-order valence-corrected chi connectivity index (χ3v) is 5.15. The summed E-state index contributed by atoms with van der Waals surface area (Å²) in [5.74, 6) is 6.89. The van der Waals surface area contributed by atoms with Gasteiger partial charge in [-0.05, 0) is 59.4 Å². The minimum Gasteiger partial charge on any atom is -0.366 e. The molecule has 0 saturated heterocycles. The summed E-state index contributed by atoms with van der Waals surface area (Å²) in [7, 11) is 0. The number of pyridine rings is 1. The Morgan fingerprint density at radius 2 is 2.09 bits per heavy atom. The lowest BCUT2D eigenvalue weighted by Crippen LogP contribution is -2.22. The van der Waals surface area contributed by atoms with Crippen LogP contribution in [0.3, 0.4) is 0 Å². The number of primary amides is 1. The second-order valence-electron chi connectivity index (χ2n) is 6.24. The van der Waals surface area contributed by atoms with Crippen LogP contribution in [0.15, 0.2) is 41.4 Å². The number of aromatic nitrogens is 1. The summed E-state index contributed by atoms with van der Waals surface area (Å²) in [6.07, 6.45) is 2.64. The fraction of sp³-hybridized carbons (Fsp3) is 0.263. The van der Waals surface area contributed by atoms with Crippen LogP contribution in [0.25, 0.3) is 0 Å². The molecule has 3 nitrogen and oxygen atoms in total. The van der Waals surface area contributed by atoms with E-state index in [1.54, 1.807) is 12.1 Å². The smallest absolute Gasteiger partial charge is 0.250 e. The number of carbonyl (C=O) groups is 1. The van der Waals surface area contributed by atoms with E-state index in [1.807, 2.05) is 11.8 Å². The van der Waals surface area contributed by atoms with Crippen molar-refractivity contribution in [3.8, 4) is 11.8 Å². The molecule has 116 valence electrons. The molecule has 0 fully saturated rings. The van der Waals surface area contributed by atoms with Gasteiger partial charge in [-0.3, -0.25) is 4.79 Å². The van der Waals surface area contributed by atoms with E-state index >= 15 is 0 Å². The van der Waals surface area contributed by atoms with E-state index < -0.39 is 5.91 Å². The maximum atomic E-state index is 11.0. The largest absolute Gasteiger partial charge is 0.366 e. The number of fused-ring (bicyclic) bond motifs is 1. The number of hydrogen-bond donors (Lipinski definition) is 1. The van der Waals surface area contributed by atoms with Crippen molar-refractivity contribution in [2.75, 3.05) is 5.75 Å². The first kappa shape index (κ1) is 15.6. The maximum Gasteiger partial charge on any atom is 0.250 e. The zero-order valence-corrected chi connectivity index (χ0v) is 14.0. The van der Waals surface area contributed by atoms with Crippen LogP contribution in [-0.2, 0) is 5.41 Å². The zero-order valence-electron chi connectivity index (χ0n) is 13.2. The third kappa shape index (κ3) is 3.40. The van der Waals surface area contributed by atoms with E-state index in [0.717, 1.165) is 5.56 Å². The van der Waals surface area contributed by atoms with Crippen molar-refractivity contribution in [2.24, 2.45) is 5.73 Å². The number of benzene rings is 1. The summed E-state index contributed by atoms with van der Waals surface area (Å²) in [6, 6.07) is 9.76. The van der Waals surface area contributed by atoms with E-state index in [1.165, 1.54) is 28.8 Å². The van der Waals surface area contributed by atoms with Crippen LogP contribution < -0.4 is 5.73 Å². The monoisotopic (exact) mass is 322 g/mol. The highest BCUT2D eigenvalue weighted by atomic mass is 32.2. The quantitative estimate of drug-likeness (QED) is 0.819. The molecule has 0 aliphatic carbocycles. The number of carbonyl (C=O) groups excluding carboxylic acids is 1. The molecule has 1 aromatic carbocycles. The summed E-state index contributed by atoms with van der Waals surface area (Å²) in [5.41, 5.74) is 8.77. The van der Waals surface area contributed by atoms with Gasteiger partial charge in [0.1, 0.15) is 5.69 Å². The molecule has 1 aliphatic heterocycles. The molecule has 1 amide bonds. The van der Waals surface area contributed by atoms with Crippen molar-refractivity contribution < 1.29 is 4.79 Å². The lowest BCUT2D eigenvalue weighted by molar-refractivity contribution is 0.1000. The Kier molecular flexibility index (Phi) is 4.14. The van der Waals surface area contributed by atoms with Crippen LogP contribution in [0.5, 0.6) is 0 Å².